The van der Waals surface area contributed by atoms with E-state index in [0.717, 1.165) is 16.7 Å². The number of anilines is 2. The van der Waals surface area contributed by atoms with Crippen molar-refractivity contribution in [1.29, 1.82) is 0 Å². The lowest BCUT2D eigenvalue weighted by Crippen LogP contribution is -2.48. The quantitative estimate of drug-likeness (QED) is 0.146. The van der Waals surface area contributed by atoms with Gasteiger partial charge in [0, 0.05) is 41.4 Å². The number of non-ortho nitro benzene ring substituents is 1. The summed E-state index contributed by atoms with van der Waals surface area (Å²) in [5.74, 6) is -1.56. The number of nitrogens with zero attached hydrogens (tertiary/aromatic N) is 4. The van der Waals surface area contributed by atoms with Gasteiger partial charge in [0.05, 0.1) is 48.9 Å². The molecule has 0 radical (unpaired) electrons. The van der Waals surface area contributed by atoms with Gasteiger partial charge in [-0.3, -0.25) is 24.6 Å². The Hall–Kier alpha value is -4.66. The van der Waals surface area contributed by atoms with Gasteiger partial charge in [0.2, 0.25) is 14.3 Å². The maximum atomic E-state index is 16.4. The number of cyclic esters (lactones) is 1. The molecule has 4 heterocycles. The average Bonchev–Trinajstić information content (AvgIpc) is 3.72. The van der Waals surface area contributed by atoms with E-state index >= 15 is 4.11 Å². The van der Waals surface area contributed by atoms with Crippen molar-refractivity contribution in [3.8, 4) is 0 Å². The van der Waals surface area contributed by atoms with Gasteiger partial charge in [0.15, 0.2) is 5.60 Å². The van der Waals surface area contributed by atoms with Gasteiger partial charge in [-0.15, -0.1) is 0 Å². The predicted octanol–water partition coefficient (Wildman–Crippen LogP) is 5.21. The molecule has 0 bridgehead atoms. The fourth-order valence-corrected chi connectivity index (χ4v) is 10.9. The molecule has 1 N–H and O–H groups in total. The number of fused-ring (bicyclic) bond motifs is 3. The minimum Gasteiger partial charge on any atom is -0.447 e. The lowest BCUT2D eigenvalue weighted by atomic mass is 9.82. The molecule has 14 heteroatoms. The van der Waals surface area contributed by atoms with Gasteiger partial charge < -0.3 is 28.5 Å². The second-order valence-electron chi connectivity index (χ2n) is 14.1. The molecular weight excluding hydrogens is 664 g/mol. The van der Waals surface area contributed by atoms with E-state index in [1.165, 1.54) is 41.1 Å². The van der Waals surface area contributed by atoms with Crippen LogP contribution in [0, 0.1) is 16.0 Å². The highest BCUT2D eigenvalue weighted by Crippen LogP contribution is 2.60. The molecule has 0 aromatic heterocycles. The van der Waals surface area contributed by atoms with Gasteiger partial charge in [0.1, 0.15) is 6.61 Å². The Morgan fingerprint density at radius 2 is 1.82 bits per heavy atom. The average molecular weight is 703 g/mol. The Kier molecular flexibility index (Phi) is 8.51. The molecule has 2 saturated heterocycles. The van der Waals surface area contributed by atoms with Crippen LogP contribution in [0.4, 0.5) is 26.0 Å². The number of hydrogen-bond acceptors (Lipinski definition) is 8. The van der Waals surface area contributed by atoms with Crippen LogP contribution in [-0.4, -0.2) is 73.1 Å². The normalized spacial score (nSPS) is 26.0. The number of nitro benzene ring substituents is 1. The molecule has 50 heavy (non-hydrogen) atoms. The lowest BCUT2D eigenvalue weighted by Gasteiger charge is -2.37. The number of aliphatic hydroxyl groups is 1. The van der Waals surface area contributed by atoms with E-state index in [1.807, 2.05) is 24.3 Å². The summed E-state index contributed by atoms with van der Waals surface area (Å²) in [6.07, 6.45) is -1.16. The largest absolute Gasteiger partial charge is 0.447 e. The molecule has 1 spiro atoms. The minimum atomic E-state index is -3.64. The zero-order chi connectivity index (χ0) is 35.5. The van der Waals surface area contributed by atoms with Crippen molar-refractivity contribution in [2.75, 3.05) is 29.6 Å². The molecular formula is C36H39FN4O8Si. The molecule has 2 fully saturated rings. The number of carbonyl (C=O) groups is 3. The van der Waals surface area contributed by atoms with Crippen LogP contribution in [-0.2, 0) is 44.2 Å². The first-order valence-electron chi connectivity index (χ1n) is 16.8. The van der Waals surface area contributed by atoms with Gasteiger partial charge >= 0.3 is 6.09 Å². The van der Waals surface area contributed by atoms with Crippen LogP contribution in [0.15, 0.2) is 66.7 Å². The number of ether oxygens (including phenoxy) is 2. The Bertz CT molecular complexity index is 1870. The topological polar surface area (TPSA) is 143 Å². The van der Waals surface area contributed by atoms with Crippen molar-refractivity contribution in [1.82, 2.24) is 4.90 Å². The Morgan fingerprint density at radius 3 is 2.46 bits per heavy atom. The van der Waals surface area contributed by atoms with E-state index < -0.39 is 54.5 Å². The van der Waals surface area contributed by atoms with Crippen LogP contribution >= 0.6 is 0 Å². The summed E-state index contributed by atoms with van der Waals surface area (Å²) >= 11 is 0. The summed E-state index contributed by atoms with van der Waals surface area (Å²) in [5, 5.41) is 22.2. The minimum absolute atomic E-state index is 0.0856. The maximum absolute atomic E-state index is 16.4. The van der Waals surface area contributed by atoms with E-state index in [1.54, 1.807) is 36.1 Å². The lowest BCUT2D eigenvalue weighted by molar-refractivity contribution is -0.385. The zero-order valence-corrected chi connectivity index (χ0v) is 29.1. The van der Waals surface area contributed by atoms with Crippen LogP contribution in [0.5, 0.6) is 0 Å². The molecule has 0 saturated carbocycles. The summed E-state index contributed by atoms with van der Waals surface area (Å²) in [6, 6.07) is 18.6. The number of aliphatic hydroxyl groups excluding tert-OH is 1. The molecule has 7 rings (SSSR count). The molecule has 3 aromatic rings. The summed E-state index contributed by atoms with van der Waals surface area (Å²) < 4.78 is 28.2. The van der Waals surface area contributed by atoms with E-state index in [2.05, 4.69) is 0 Å². The van der Waals surface area contributed by atoms with Crippen molar-refractivity contribution >= 4 is 43.4 Å². The Balaban J connectivity index is 1.23. The summed E-state index contributed by atoms with van der Waals surface area (Å²) in [7, 11) is -3.64. The SMILES string of the molecule is C[C@@H]1[C@@H]([Si](C)(C)F)[C@H](CC(=O)N2Cc3ccccc3C[C@H]2CO)O[C@@]12C(=O)N(Cc1ccc(N3CCOC3=O)cc1)c1ccc([N+](=O)[O-])cc12. The number of amides is 3. The maximum Gasteiger partial charge on any atom is 0.414 e. The molecule has 5 atom stereocenters. The highest BCUT2D eigenvalue weighted by Gasteiger charge is 2.67. The summed E-state index contributed by atoms with van der Waals surface area (Å²) in [5.41, 5.74) is 1.29. The Morgan fingerprint density at radius 1 is 1.10 bits per heavy atom. The fraction of sp³-hybridized carbons (Fsp3) is 0.417. The van der Waals surface area contributed by atoms with Crippen molar-refractivity contribution in [2.24, 2.45) is 5.92 Å². The molecule has 4 aliphatic rings. The summed E-state index contributed by atoms with van der Waals surface area (Å²) in [6.45, 7) is 5.66. The second-order valence-corrected chi connectivity index (χ2v) is 17.9. The van der Waals surface area contributed by atoms with Crippen LogP contribution < -0.4 is 9.80 Å². The molecule has 12 nitrogen and oxygen atoms in total. The van der Waals surface area contributed by atoms with Gasteiger partial charge in [-0.05, 0) is 54.4 Å². The van der Waals surface area contributed by atoms with Gasteiger partial charge in [-0.25, -0.2) is 4.79 Å². The van der Waals surface area contributed by atoms with Gasteiger partial charge in [0.25, 0.3) is 11.6 Å². The van der Waals surface area contributed by atoms with Crippen LogP contribution in [0.3, 0.4) is 0 Å². The highest BCUT2D eigenvalue weighted by molar-refractivity contribution is 6.72. The molecule has 0 unspecified atom stereocenters. The van der Waals surface area contributed by atoms with Crippen LogP contribution in [0.1, 0.15) is 35.6 Å². The first kappa shape index (κ1) is 33.8. The number of hydrogen-bond donors (Lipinski definition) is 1. The smallest absolute Gasteiger partial charge is 0.414 e. The molecule has 262 valence electrons. The van der Waals surface area contributed by atoms with Gasteiger partial charge in [-0.2, -0.15) is 0 Å². The number of carbonyl (C=O) groups excluding carboxylic acids is 3. The van der Waals surface area contributed by atoms with Crippen LogP contribution in [0.2, 0.25) is 18.6 Å². The summed E-state index contributed by atoms with van der Waals surface area (Å²) in [4.78, 5) is 56.9. The predicted molar refractivity (Wildman–Crippen MR) is 184 cm³/mol. The Labute approximate surface area is 289 Å². The monoisotopic (exact) mass is 702 g/mol. The standard InChI is InChI=1S/C36H39FN4O8Si/c1-22-33(50(2,3)37)31(18-32(43)39-20-25-7-5-4-6-24(25)16-28(39)21-42)49-36(22)29-17-27(41(46)47)12-13-30(29)40(34(36)44)19-23-8-10-26(11-9-23)38-14-15-48-35(38)45/h4-13,17,22,28,31,33,42H,14-16,18-21H2,1-3H3/t22-,28+,31+,33-,36+/m1/s1. The second kappa shape index (κ2) is 12.6. The number of benzene rings is 3. The van der Waals surface area contributed by atoms with E-state index in [-0.39, 0.29) is 43.3 Å². The third kappa shape index (κ3) is 5.55. The molecule has 0 aliphatic carbocycles. The van der Waals surface area contributed by atoms with E-state index in [4.69, 9.17) is 9.47 Å². The molecule has 3 aromatic carbocycles. The third-order valence-electron chi connectivity index (χ3n) is 10.8. The number of rotatable bonds is 8. The van der Waals surface area contributed by atoms with Crippen molar-refractivity contribution in [3.05, 3.63) is 99.1 Å². The fourth-order valence-electron chi connectivity index (χ4n) is 8.43. The molecule has 3 amide bonds. The third-order valence-corrected chi connectivity index (χ3v) is 13.2. The highest BCUT2D eigenvalue weighted by atomic mass is 28.4. The van der Waals surface area contributed by atoms with Gasteiger partial charge in [-0.1, -0.05) is 43.3 Å². The van der Waals surface area contributed by atoms with Crippen molar-refractivity contribution < 1.29 is 38.0 Å². The number of nitro groups is 1. The van der Waals surface area contributed by atoms with Crippen molar-refractivity contribution in [3.63, 3.8) is 0 Å². The molecule has 4 aliphatic heterocycles. The van der Waals surface area contributed by atoms with Crippen molar-refractivity contribution in [2.45, 2.75) is 69.2 Å². The first-order chi connectivity index (χ1) is 23.8. The zero-order valence-electron chi connectivity index (χ0n) is 28.1. The van der Waals surface area contributed by atoms with Crippen LogP contribution in [0.25, 0.3) is 0 Å². The van der Waals surface area contributed by atoms with E-state index in [0.29, 0.717) is 30.9 Å². The number of halogens is 1. The first-order valence-corrected chi connectivity index (χ1v) is 19.8. The van der Waals surface area contributed by atoms with E-state index in [9.17, 15) is 29.6 Å².